The third-order valence-electron chi connectivity index (χ3n) is 3.53. The first kappa shape index (κ1) is 17.9. The first-order chi connectivity index (χ1) is 10.0. The van der Waals surface area contributed by atoms with Crippen molar-refractivity contribution >= 4 is 0 Å². The van der Waals surface area contributed by atoms with Crippen LogP contribution in [0.25, 0.3) is 0 Å². The van der Waals surface area contributed by atoms with Crippen LogP contribution in [0.4, 0.5) is 0 Å². The van der Waals surface area contributed by atoms with Crippen molar-refractivity contribution in [2.75, 3.05) is 33.7 Å². The SMILES string of the molecule is C=CCCC(O)CN(CCN(C)C)Cc1cccc(C)c1. The van der Waals surface area contributed by atoms with Crippen LogP contribution < -0.4 is 0 Å². The molecule has 1 rings (SSSR count). The zero-order chi connectivity index (χ0) is 15.7. The van der Waals surface area contributed by atoms with Crippen molar-refractivity contribution in [3.8, 4) is 0 Å². The van der Waals surface area contributed by atoms with Crippen molar-refractivity contribution in [3.63, 3.8) is 0 Å². The molecule has 1 N–H and O–H groups in total. The van der Waals surface area contributed by atoms with Crippen LogP contribution in [0.1, 0.15) is 24.0 Å². The number of likely N-dealkylation sites (N-methyl/N-ethyl adjacent to an activating group) is 1. The minimum atomic E-state index is -0.282. The molecule has 0 bridgehead atoms. The third-order valence-corrected chi connectivity index (χ3v) is 3.53. The van der Waals surface area contributed by atoms with Crippen LogP contribution in [0.5, 0.6) is 0 Å². The lowest BCUT2D eigenvalue weighted by molar-refractivity contribution is 0.0981. The summed E-state index contributed by atoms with van der Waals surface area (Å²) in [6.45, 7) is 9.41. The predicted octanol–water partition coefficient (Wildman–Crippen LogP) is 2.69. The maximum absolute atomic E-state index is 10.1. The van der Waals surface area contributed by atoms with E-state index in [0.717, 1.165) is 39.0 Å². The second kappa shape index (κ2) is 9.72. The average molecular weight is 290 g/mol. The van der Waals surface area contributed by atoms with E-state index in [2.05, 4.69) is 61.7 Å². The summed E-state index contributed by atoms with van der Waals surface area (Å²) in [7, 11) is 4.16. The Bertz CT molecular complexity index is 417. The Kier molecular flexibility index (Phi) is 8.28. The molecule has 0 aliphatic carbocycles. The van der Waals surface area contributed by atoms with Crippen LogP contribution in [0.15, 0.2) is 36.9 Å². The standard InChI is InChI=1S/C18H30N2O/c1-5-6-10-18(21)15-20(12-11-19(3)4)14-17-9-7-8-16(2)13-17/h5,7-9,13,18,21H,1,6,10-12,14-15H2,2-4H3. The second-order valence-corrected chi connectivity index (χ2v) is 6.05. The van der Waals surface area contributed by atoms with Gasteiger partial charge in [-0.3, -0.25) is 4.90 Å². The van der Waals surface area contributed by atoms with Gasteiger partial charge in [-0.1, -0.05) is 35.9 Å². The van der Waals surface area contributed by atoms with Crippen LogP contribution in [0.3, 0.4) is 0 Å². The number of hydrogen-bond acceptors (Lipinski definition) is 3. The summed E-state index contributed by atoms with van der Waals surface area (Å²) >= 11 is 0. The number of aliphatic hydroxyl groups excluding tert-OH is 1. The molecule has 1 aromatic carbocycles. The van der Waals surface area contributed by atoms with E-state index >= 15 is 0 Å². The van der Waals surface area contributed by atoms with Gasteiger partial charge in [-0.25, -0.2) is 0 Å². The number of nitrogens with zero attached hydrogens (tertiary/aromatic N) is 2. The average Bonchev–Trinajstić information content (AvgIpc) is 2.42. The molecular formula is C18H30N2O. The zero-order valence-electron chi connectivity index (χ0n) is 13.8. The molecular weight excluding hydrogens is 260 g/mol. The van der Waals surface area contributed by atoms with Gasteiger partial charge < -0.3 is 10.0 Å². The van der Waals surface area contributed by atoms with Gasteiger partial charge in [0.2, 0.25) is 0 Å². The molecule has 21 heavy (non-hydrogen) atoms. The smallest absolute Gasteiger partial charge is 0.0670 e. The second-order valence-electron chi connectivity index (χ2n) is 6.05. The molecule has 0 aliphatic heterocycles. The van der Waals surface area contributed by atoms with Gasteiger partial charge in [0.25, 0.3) is 0 Å². The van der Waals surface area contributed by atoms with E-state index in [1.54, 1.807) is 0 Å². The lowest BCUT2D eigenvalue weighted by Gasteiger charge is -2.26. The van der Waals surface area contributed by atoms with Gasteiger partial charge >= 0.3 is 0 Å². The fraction of sp³-hybridized carbons (Fsp3) is 0.556. The molecule has 0 heterocycles. The minimum Gasteiger partial charge on any atom is -0.392 e. The first-order valence-electron chi connectivity index (χ1n) is 7.73. The van der Waals surface area contributed by atoms with E-state index in [9.17, 15) is 5.11 Å². The summed E-state index contributed by atoms with van der Waals surface area (Å²) < 4.78 is 0. The van der Waals surface area contributed by atoms with Crippen molar-refractivity contribution in [1.29, 1.82) is 0 Å². The van der Waals surface area contributed by atoms with Gasteiger partial charge in [-0.15, -0.1) is 6.58 Å². The van der Waals surface area contributed by atoms with Gasteiger partial charge in [0.1, 0.15) is 0 Å². The molecule has 1 unspecified atom stereocenters. The summed E-state index contributed by atoms with van der Waals surface area (Å²) in [5, 5.41) is 10.1. The number of aliphatic hydroxyl groups is 1. The Hall–Kier alpha value is -1.16. The molecule has 0 radical (unpaired) electrons. The molecule has 0 saturated heterocycles. The van der Waals surface area contributed by atoms with Crippen molar-refractivity contribution in [3.05, 3.63) is 48.0 Å². The van der Waals surface area contributed by atoms with Gasteiger partial charge in [-0.05, 0) is 39.4 Å². The maximum atomic E-state index is 10.1. The van der Waals surface area contributed by atoms with Gasteiger partial charge in [0.05, 0.1) is 6.10 Å². The number of aryl methyl sites for hydroxylation is 1. The molecule has 3 nitrogen and oxygen atoms in total. The van der Waals surface area contributed by atoms with Crippen molar-refractivity contribution in [1.82, 2.24) is 9.80 Å². The van der Waals surface area contributed by atoms with Crippen LogP contribution in [0.2, 0.25) is 0 Å². The highest BCUT2D eigenvalue weighted by molar-refractivity contribution is 5.22. The summed E-state index contributed by atoms with van der Waals surface area (Å²) in [6.07, 6.45) is 3.24. The van der Waals surface area contributed by atoms with E-state index in [1.807, 2.05) is 6.08 Å². The number of rotatable bonds is 10. The molecule has 118 valence electrons. The Morgan fingerprint density at radius 1 is 1.29 bits per heavy atom. The van der Waals surface area contributed by atoms with Crippen molar-refractivity contribution in [2.45, 2.75) is 32.4 Å². The van der Waals surface area contributed by atoms with Gasteiger partial charge in [0, 0.05) is 26.2 Å². The Morgan fingerprint density at radius 3 is 2.67 bits per heavy atom. The first-order valence-corrected chi connectivity index (χ1v) is 7.73. The molecule has 0 amide bonds. The minimum absolute atomic E-state index is 0.282. The molecule has 3 heteroatoms. The van der Waals surface area contributed by atoms with E-state index < -0.39 is 0 Å². The third kappa shape index (κ3) is 8.00. The highest BCUT2D eigenvalue weighted by atomic mass is 16.3. The van der Waals surface area contributed by atoms with Crippen molar-refractivity contribution in [2.24, 2.45) is 0 Å². The van der Waals surface area contributed by atoms with Crippen molar-refractivity contribution < 1.29 is 5.11 Å². The van der Waals surface area contributed by atoms with E-state index in [0.29, 0.717) is 0 Å². The topological polar surface area (TPSA) is 26.7 Å². The number of allylic oxidation sites excluding steroid dienone is 1. The highest BCUT2D eigenvalue weighted by Crippen LogP contribution is 2.09. The van der Waals surface area contributed by atoms with E-state index in [-0.39, 0.29) is 6.10 Å². The normalized spacial score (nSPS) is 12.9. The van der Waals surface area contributed by atoms with Gasteiger partial charge in [0.15, 0.2) is 0 Å². The lowest BCUT2D eigenvalue weighted by atomic mass is 10.1. The fourth-order valence-corrected chi connectivity index (χ4v) is 2.34. The fourth-order valence-electron chi connectivity index (χ4n) is 2.34. The quantitative estimate of drug-likeness (QED) is 0.671. The summed E-state index contributed by atoms with van der Waals surface area (Å²) in [4.78, 5) is 4.52. The van der Waals surface area contributed by atoms with Crippen LogP contribution >= 0.6 is 0 Å². The van der Waals surface area contributed by atoms with Crippen LogP contribution in [-0.2, 0) is 6.54 Å². The largest absolute Gasteiger partial charge is 0.392 e. The summed E-state index contributed by atoms with van der Waals surface area (Å²) in [5.74, 6) is 0. The molecule has 0 aliphatic rings. The predicted molar refractivity (Wildman–Crippen MR) is 90.4 cm³/mol. The highest BCUT2D eigenvalue weighted by Gasteiger charge is 2.12. The molecule has 0 fully saturated rings. The Balaban J connectivity index is 2.60. The molecule has 1 atom stereocenters. The van der Waals surface area contributed by atoms with Crippen LogP contribution in [0, 0.1) is 6.92 Å². The molecule has 0 saturated carbocycles. The lowest BCUT2D eigenvalue weighted by Crippen LogP contribution is -2.36. The van der Waals surface area contributed by atoms with E-state index in [1.165, 1.54) is 11.1 Å². The summed E-state index contributed by atoms with van der Waals surface area (Å²) in [5.41, 5.74) is 2.59. The van der Waals surface area contributed by atoms with E-state index in [4.69, 9.17) is 0 Å². The summed E-state index contributed by atoms with van der Waals surface area (Å²) in [6, 6.07) is 8.60. The van der Waals surface area contributed by atoms with Gasteiger partial charge in [-0.2, -0.15) is 0 Å². The molecule has 0 spiro atoms. The monoisotopic (exact) mass is 290 g/mol. The zero-order valence-corrected chi connectivity index (χ0v) is 13.8. The number of hydrogen-bond donors (Lipinski definition) is 1. The van der Waals surface area contributed by atoms with Crippen LogP contribution in [-0.4, -0.2) is 54.7 Å². The molecule has 1 aromatic rings. The Labute approximate surface area is 129 Å². The Morgan fingerprint density at radius 2 is 2.05 bits per heavy atom. The maximum Gasteiger partial charge on any atom is 0.0670 e. The molecule has 0 aromatic heterocycles. The number of benzene rings is 1.